The molecule has 4 nitrogen and oxygen atoms in total. The van der Waals surface area contributed by atoms with Crippen LogP contribution in [0.2, 0.25) is 0 Å². The summed E-state index contributed by atoms with van der Waals surface area (Å²) in [6.45, 7) is 0. The van der Waals surface area contributed by atoms with Gasteiger partial charge in [0.2, 0.25) is 0 Å². The van der Waals surface area contributed by atoms with Crippen molar-refractivity contribution in [3.63, 3.8) is 0 Å². The molecule has 4 heteroatoms. The molecule has 4 heterocycles. The van der Waals surface area contributed by atoms with Gasteiger partial charge in [-0.05, 0) is 77.9 Å². The van der Waals surface area contributed by atoms with E-state index in [0.29, 0.717) is 0 Å². The zero-order valence-corrected chi connectivity index (χ0v) is 30.9. The number of hydrogen-bond acceptors (Lipinski definition) is 1. The van der Waals surface area contributed by atoms with Crippen LogP contribution < -0.4 is 0 Å². The summed E-state index contributed by atoms with van der Waals surface area (Å²) in [4.78, 5) is 5.44. The van der Waals surface area contributed by atoms with E-state index in [-0.39, 0.29) is 0 Å². The van der Waals surface area contributed by atoms with E-state index in [1.54, 1.807) is 0 Å². The van der Waals surface area contributed by atoms with E-state index < -0.39 is 0 Å². The van der Waals surface area contributed by atoms with Crippen molar-refractivity contribution < 1.29 is 0 Å². The maximum Gasteiger partial charge on any atom is 0.138 e. The molecule has 0 fully saturated rings. The van der Waals surface area contributed by atoms with Crippen LogP contribution in [-0.4, -0.2) is 18.7 Å². The van der Waals surface area contributed by atoms with Gasteiger partial charge < -0.3 is 9.13 Å². The molecule has 57 heavy (non-hydrogen) atoms. The Bertz CT molecular complexity index is 3430. The highest BCUT2D eigenvalue weighted by molar-refractivity contribution is 6.28. The number of nitrogens with zero attached hydrogens (tertiary/aromatic N) is 4. The molecule has 0 bridgehead atoms. The number of aromatic nitrogens is 4. The lowest BCUT2D eigenvalue weighted by Gasteiger charge is -2.13. The number of rotatable bonds is 5. The molecule has 0 saturated heterocycles. The van der Waals surface area contributed by atoms with E-state index >= 15 is 0 Å². The van der Waals surface area contributed by atoms with E-state index in [4.69, 9.17) is 4.98 Å². The number of fused-ring (bicyclic) bond motifs is 10. The largest absolute Gasteiger partial charge is 0.309 e. The van der Waals surface area contributed by atoms with E-state index in [2.05, 4.69) is 220 Å². The lowest BCUT2D eigenvalue weighted by molar-refractivity contribution is 1.08. The molecule has 0 aliphatic rings. The molecular weight excluding hydrogens is 693 g/mol. The molecule has 266 valence electrons. The van der Waals surface area contributed by atoms with Crippen molar-refractivity contribution in [1.82, 2.24) is 18.7 Å². The Morgan fingerprint density at radius 2 is 0.842 bits per heavy atom. The van der Waals surface area contributed by atoms with Gasteiger partial charge in [-0.1, -0.05) is 140 Å². The first-order valence-corrected chi connectivity index (χ1v) is 19.5. The van der Waals surface area contributed by atoms with Crippen LogP contribution in [0.15, 0.2) is 206 Å². The third-order valence-corrected chi connectivity index (χ3v) is 11.6. The fourth-order valence-electron chi connectivity index (χ4n) is 9.15. The molecule has 0 radical (unpaired) electrons. The molecule has 12 aromatic rings. The number of para-hydroxylation sites is 4. The van der Waals surface area contributed by atoms with Gasteiger partial charge in [-0.15, -0.1) is 0 Å². The lowest BCUT2D eigenvalue weighted by Crippen LogP contribution is -2.00. The lowest BCUT2D eigenvalue weighted by atomic mass is 10.0. The molecule has 0 aliphatic carbocycles. The molecule has 0 spiro atoms. The SMILES string of the molecule is c1ccc(-c2cc(-c3ccccc3)nc(-n3c4ccccc4c4cc5c6c(ccc7c8ccccc8n(-c8ccccc8)c76)n(-c6ccccc6)c5cc43)c2)cc1. The highest BCUT2D eigenvalue weighted by atomic mass is 15.1. The number of hydrogen-bond donors (Lipinski definition) is 0. The second-order valence-corrected chi connectivity index (χ2v) is 14.8. The molecular formula is C53H34N4. The van der Waals surface area contributed by atoms with Gasteiger partial charge in [0.25, 0.3) is 0 Å². The van der Waals surface area contributed by atoms with Gasteiger partial charge in [-0.2, -0.15) is 0 Å². The standard InChI is InChI=1S/C53H34N4/c1-5-17-35(18-6-1)37-31-45(36-19-7-2-8-20-36)54-51(32-37)57-47-28-16-14-26-41(47)43-33-44-50(34-49(43)57)55(38-21-9-3-10-22-38)48-30-29-42-40-25-13-15-27-46(40)56(53(42)52(44)48)39-23-11-4-12-24-39/h1-34H. The summed E-state index contributed by atoms with van der Waals surface area (Å²) in [5.74, 6) is 0.884. The zero-order chi connectivity index (χ0) is 37.5. The average molecular weight is 727 g/mol. The Labute approximate surface area is 328 Å². The van der Waals surface area contributed by atoms with Gasteiger partial charge in [0.1, 0.15) is 5.82 Å². The van der Waals surface area contributed by atoms with E-state index in [1.807, 2.05) is 0 Å². The molecule has 0 unspecified atom stereocenters. The van der Waals surface area contributed by atoms with Crippen LogP contribution in [0.25, 0.3) is 105 Å². The Morgan fingerprint density at radius 1 is 0.298 bits per heavy atom. The third-order valence-electron chi connectivity index (χ3n) is 11.6. The molecule has 8 aromatic carbocycles. The highest BCUT2D eigenvalue weighted by Crippen LogP contribution is 2.45. The molecule has 0 atom stereocenters. The molecule has 12 rings (SSSR count). The van der Waals surface area contributed by atoms with Crippen LogP contribution in [0, 0.1) is 0 Å². The van der Waals surface area contributed by atoms with Gasteiger partial charge in [-0.25, -0.2) is 4.98 Å². The van der Waals surface area contributed by atoms with E-state index in [0.717, 1.165) is 56.1 Å². The monoisotopic (exact) mass is 726 g/mol. The average Bonchev–Trinajstić information content (AvgIpc) is 3.92. The van der Waals surface area contributed by atoms with E-state index in [9.17, 15) is 0 Å². The van der Waals surface area contributed by atoms with Crippen LogP contribution in [-0.2, 0) is 0 Å². The van der Waals surface area contributed by atoms with Crippen molar-refractivity contribution >= 4 is 65.4 Å². The van der Waals surface area contributed by atoms with Crippen molar-refractivity contribution in [3.05, 3.63) is 206 Å². The van der Waals surface area contributed by atoms with Crippen molar-refractivity contribution in [2.24, 2.45) is 0 Å². The number of pyridine rings is 1. The summed E-state index contributed by atoms with van der Waals surface area (Å²) in [7, 11) is 0. The predicted octanol–water partition coefficient (Wildman–Crippen LogP) is 13.7. The zero-order valence-electron chi connectivity index (χ0n) is 30.9. The van der Waals surface area contributed by atoms with Gasteiger partial charge in [0.05, 0.1) is 38.8 Å². The summed E-state index contributed by atoms with van der Waals surface area (Å²) in [6.07, 6.45) is 0. The minimum Gasteiger partial charge on any atom is -0.309 e. The fraction of sp³-hybridized carbons (Fsp3) is 0. The van der Waals surface area contributed by atoms with Crippen LogP contribution in [0.5, 0.6) is 0 Å². The van der Waals surface area contributed by atoms with Crippen molar-refractivity contribution in [3.8, 4) is 39.6 Å². The van der Waals surface area contributed by atoms with Crippen molar-refractivity contribution in [2.75, 3.05) is 0 Å². The minimum atomic E-state index is 0.884. The van der Waals surface area contributed by atoms with E-state index in [1.165, 1.54) is 48.9 Å². The van der Waals surface area contributed by atoms with Gasteiger partial charge in [0.15, 0.2) is 0 Å². The molecule has 0 saturated carbocycles. The molecule has 0 amide bonds. The summed E-state index contributed by atoms with van der Waals surface area (Å²) in [5, 5.41) is 7.32. The normalized spacial score (nSPS) is 11.9. The third kappa shape index (κ3) is 4.77. The first-order valence-electron chi connectivity index (χ1n) is 19.5. The first kappa shape index (κ1) is 31.6. The minimum absolute atomic E-state index is 0.884. The molecule has 4 aromatic heterocycles. The Balaban J connectivity index is 1.25. The van der Waals surface area contributed by atoms with Gasteiger partial charge in [-0.3, -0.25) is 4.57 Å². The maximum absolute atomic E-state index is 5.44. The van der Waals surface area contributed by atoms with Gasteiger partial charge in [0, 0.05) is 49.3 Å². The van der Waals surface area contributed by atoms with Crippen LogP contribution >= 0.6 is 0 Å². The Hall–Kier alpha value is -7.69. The van der Waals surface area contributed by atoms with Crippen LogP contribution in [0.3, 0.4) is 0 Å². The van der Waals surface area contributed by atoms with Gasteiger partial charge >= 0.3 is 0 Å². The Kier molecular flexibility index (Phi) is 6.89. The predicted molar refractivity (Wildman–Crippen MR) is 238 cm³/mol. The molecule has 0 aliphatic heterocycles. The summed E-state index contributed by atoms with van der Waals surface area (Å²) < 4.78 is 7.27. The van der Waals surface area contributed by atoms with Crippen molar-refractivity contribution in [2.45, 2.75) is 0 Å². The quantitative estimate of drug-likeness (QED) is 0.174. The second-order valence-electron chi connectivity index (χ2n) is 14.8. The highest BCUT2D eigenvalue weighted by Gasteiger charge is 2.24. The maximum atomic E-state index is 5.44. The fourth-order valence-corrected chi connectivity index (χ4v) is 9.15. The second kappa shape index (κ2) is 12.4. The summed E-state index contributed by atoms with van der Waals surface area (Å²) in [5.41, 5.74) is 13.5. The van der Waals surface area contributed by atoms with Crippen LogP contribution in [0.4, 0.5) is 0 Å². The summed E-state index contributed by atoms with van der Waals surface area (Å²) in [6, 6.07) is 74.2. The molecule has 0 N–H and O–H groups in total. The van der Waals surface area contributed by atoms with Crippen molar-refractivity contribution in [1.29, 1.82) is 0 Å². The van der Waals surface area contributed by atoms with Crippen LogP contribution in [0.1, 0.15) is 0 Å². The first-order chi connectivity index (χ1) is 28.3. The topological polar surface area (TPSA) is 27.7 Å². The Morgan fingerprint density at radius 3 is 1.53 bits per heavy atom. The smallest absolute Gasteiger partial charge is 0.138 e. The number of benzene rings is 8. The summed E-state index contributed by atoms with van der Waals surface area (Å²) >= 11 is 0.